The van der Waals surface area contributed by atoms with Gasteiger partial charge in [-0.2, -0.15) is 0 Å². The molecule has 1 N–H and O–H groups in total. The van der Waals surface area contributed by atoms with Gasteiger partial charge >= 0.3 is 0 Å². The van der Waals surface area contributed by atoms with Crippen molar-refractivity contribution in [1.29, 1.82) is 0 Å². The standard InChI is InChI=1S/C14H27N/c1-3-13(12-7-8-12)15-11-14(2)9-5-4-6-10-14/h12-13,15H,3-11H2,1-2H3. The molecule has 2 aliphatic carbocycles. The van der Waals surface area contributed by atoms with Gasteiger partial charge in [0.05, 0.1) is 0 Å². The lowest BCUT2D eigenvalue weighted by atomic mass is 9.75. The Bertz CT molecular complexity index is 190. The highest BCUT2D eigenvalue weighted by Gasteiger charge is 2.32. The number of nitrogens with one attached hydrogen (secondary N) is 1. The van der Waals surface area contributed by atoms with Crippen LogP contribution in [0.25, 0.3) is 0 Å². The third-order valence-electron chi connectivity index (χ3n) is 4.48. The summed E-state index contributed by atoms with van der Waals surface area (Å²) in [6, 6.07) is 0.823. The molecule has 0 amide bonds. The van der Waals surface area contributed by atoms with E-state index in [1.165, 1.54) is 57.9 Å². The van der Waals surface area contributed by atoms with E-state index in [-0.39, 0.29) is 0 Å². The fourth-order valence-corrected chi connectivity index (χ4v) is 3.10. The van der Waals surface area contributed by atoms with Crippen LogP contribution in [0.4, 0.5) is 0 Å². The lowest BCUT2D eigenvalue weighted by molar-refractivity contribution is 0.196. The van der Waals surface area contributed by atoms with Gasteiger partial charge in [-0.05, 0) is 43.4 Å². The van der Waals surface area contributed by atoms with Crippen LogP contribution in [-0.2, 0) is 0 Å². The van der Waals surface area contributed by atoms with Gasteiger partial charge in [-0.15, -0.1) is 0 Å². The van der Waals surface area contributed by atoms with Crippen LogP contribution in [0, 0.1) is 11.3 Å². The summed E-state index contributed by atoms with van der Waals surface area (Å²) < 4.78 is 0. The van der Waals surface area contributed by atoms with Crippen LogP contribution in [-0.4, -0.2) is 12.6 Å². The molecule has 2 rings (SSSR count). The summed E-state index contributed by atoms with van der Waals surface area (Å²) in [6.45, 7) is 6.08. The van der Waals surface area contributed by atoms with Gasteiger partial charge in [0, 0.05) is 12.6 Å². The van der Waals surface area contributed by atoms with E-state index in [4.69, 9.17) is 0 Å². The molecule has 0 bridgehead atoms. The van der Waals surface area contributed by atoms with Crippen LogP contribution < -0.4 is 5.32 Å². The molecular weight excluding hydrogens is 182 g/mol. The van der Waals surface area contributed by atoms with E-state index in [9.17, 15) is 0 Å². The first-order valence-corrected chi connectivity index (χ1v) is 6.97. The molecule has 0 spiro atoms. The second-order valence-corrected chi connectivity index (χ2v) is 6.10. The predicted molar refractivity (Wildman–Crippen MR) is 66.0 cm³/mol. The van der Waals surface area contributed by atoms with Crippen molar-refractivity contribution < 1.29 is 0 Å². The Morgan fingerprint density at radius 1 is 1.20 bits per heavy atom. The van der Waals surface area contributed by atoms with Crippen LogP contribution in [0.1, 0.15) is 65.2 Å². The third-order valence-corrected chi connectivity index (χ3v) is 4.48. The Morgan fingerprint density at radius 3 is 2.40 bits per heavy atom. The maximum absolute atomic E-state index is 3.84. The number of hydrogen-bond acceptors (Lipinski definition) is 1. The SMILES string of the molecule is CCC(NCC1(C)CCCCC1)C1CC1. The summed E-state index contributed by atoms with van der Waals surface area (Å²) in [5.41, 5.74) is 0.612. The molecule has 0 saturated heterocycles. The van der Waals surface area contributed by atoms with Gasteiger partial charge in [0.15, 0.2) is 0 Å². The monoisotopic (exact) mass is 209 g/mol. The van der Waals surface area contributed by atoms with E-state index >= 15 is 0 Å². The van der Waals surface area contributed by atoms with E-state index in [1.807, 2.05) is 0 Å². The first-order valence-electron chi connectivity index (χ1n) is 6.97. The summed E-state index contributed by atoms with van der Waals surface area (Å²) >= 11 is 0. The average Bonchev–Trinajstić information content (AvgIpc) is 3.04. The van der Waals surface area contributed by atoms with Crippen molar-refractivity contribution in [3.63, 3.8) is 0 Å². The minimum Gasteiger partial charge on any atom is -0.313 e. The van der Waals surface area contributed by atoms with Crippen LogP contribution >= 0.6 is 0 Å². The zero-order valence-corrected chi connectivity index (χ0v) is 10.5. The van der Waals surface area contributed by atoms with Gasteiger partial charge in [0.25, 0.3) is 0 Å². The molecule has 1 atom stereocenters. The van der Waals surface area contributed by atoms with Gasteiger partial charge in [0.2, 0.25) is 0 Å². The van der Waals surface area contributed by atoms with Crippen LogP contribution in [0.15, 0.2) is 0 Å². The molecule has 88 valence electrons. The second kappa shape index (κ2) is 4.86. The molecule has 0 heterocycles. The summed E-state index contributed by atoms with van der Waals surface area (Å²) in [6.07, 6.45) is 11.5. The van der Waals surface area contributed by atoms with E-state index in [0.29, 0.717) is 5.41 Å². The molecule has 2 aliphatic rings. The topological polar surface area (TPSA) is 12.0 Å². The van der Waals surface area contributed by atoms with Crippen molar-refractivity contribution in [2.75, 3.05) is 6.54 Å². The average molecular weight is 209 g/mol. The molecule has 2 fully saturated rings. The van der Waals surface area contributed by atoms with E-state index in [0.717, 1.165) is 12.0 Å². The smallest absolute Gasteiger partial charge is 0.00929 e. The van der Waals surface area contributed by atoms with Crippen molar-refractivity contribution in [2.45, 2.75) is 71.3 Å². The van der Waals surface area contributed by atoms with Crippen molar-refractivity contribution in [1.82, 2.24) is 5.32 Å². The van der Waals surface area contributed by atoms with Gasteiger partial charge in [0.1, 0.15) is 0 Å². The highest BCUT2D eigenvalue weighted by molar-refractivity contribution is 4.88. The van der Waals surface area contributed by atoms with Crippen molar-refractivity contribution in [2.24, 2.45) is 11.3 Å². The lowest BCUT2D eigenvalue weighted by Crippen LogP contribution is -2.40. The maximum atomic E-state index is 3.84. The zero-order valence-electron chi connectivity index (χ0n) is 10.5. The molecular formula is C14H27N. The summed E-state index contributed by atoms with van der Waals surface area (Å²) in [5, 5.41) is 3.84. The zero-order chi connectivity index (χ0) is 10.7. The normalized spacial score (nSPS) is 27.6. The van der Waals surface area contributed by atoms with Crippen molar-refractivity contribution in [3.8, 4) is 0 Å². The van der Waals surface area contributed by atoms with Crippen LogP contribution in [0.2, 0.25) is 0 Å². The predicted octanol–water partition coefficient (Wildman–Crippen LogP) is 3.74. The molecule has 0 aromatic heterocycles. The summed E-state index contributed by atoms with van der Waals surface area (Å²) in [5.74, 6) is 1.02. The van der Waals surface area contributed by atoms with E-state index in [2.05, 4.69) is 19.2 Å². The molecule has 15 heavy (non-hydrogen) atoms. The first-order chi connectivity index (χ1) is 7.23. The van der Waals surface area contributed by atoms with Crippen molar-refractivity contribution >= 4 is 0 Å². The van der Waals surface area contributed by atoms with Gasteiger partial charge < -0.3 is 5.32 Å². The lowest BCUT2D eigenvalue weighted by Gasteiger charge is -2.35. The second-order valence-electron chi connectivity index (χ2n) is 6.10. The van der Waals surface area contributed by atoms with E-state index in [1.54, 1.807) is 0 Å². The fourth-order valence-electron chi connectivity index (χ4n) is 3.10. The molecule has 0 aromatic carbocycles. The first kappa shape index (κ1) is 11.4. The minimum atomic E-state index is 0.612. The minimum absolute atomic E-state index is 0.612. The highest BCUT2D eigenvalue weighted by Crippen LogP contribution is 2.37. The van der Waals surface area contributed by atoms with Gasteiger partial charge in [-0.1, -0.05) is 33.1 Å². The largest absolute Gasteiger partial charge is 0.313 e. The maximum Gasteiger partial charge on any atom is 0.00929 e. The molecule has 1 nitrogen and oxygen atoms in total. The molecule has 2 saturated carbocycles. The Morgan fingerprint density at radius 2 is 1.87 bits per heavy atom. The number of hydrogen-bond donors (Lipinski definition) is 1. The summed E-state index contributed by atoms with van der Waals surface area (Å²) in [4.78, 5) is 0. The number of rotatable bonds is 5. The fraction of sp³-hybridized carbons (Fsp3) is 1.00. The quantitative estimate of drug-likeness (QED) is 0.727. The van der Waals surface area contributed by atoms with Crippen molar-refractivity contribution in [3.05, 3.63) is 0 Å². The summed E-state index contributed by atoms with van der Waals surface area (Å²) in [7, 11) is 0. The molecule has 1 heteroatoms. The van der Waals surface area contributed by atoms with Crippen LogP contribution in [0.5, 0.6) is 0 Å². The molecule has 0 aliphatic heterocycles. The Balaban J connectivity index is 1.74. The molecule has 0 radical (unpaired) electrons. The Kier molecular flexibility index (Phi) is 3.71. The molecule has 1 unspecified atom stereocenters. The van der Waals surface area contributed by atoms with Gasteiger partial charge in [-0.25, -0.2) is 0 Å². The Hall–Kier alpha value is -0.0400. The molecule has 0 aromatic rings. The third kappa shape index (κ3) is 3.21. The highest BCUT2D eigenvalue weighted by atomic mass is 14.9. The van der Waals surface area contributed by atoms with Gasteiger partial charge in [-0.3, -0.25) is 0 Å². The van der Waals surface area contributed by atoms with Crippen LogP contribution in [0.3, 0.4) is 0 Å². The Labute approximate surface area is 95.0 Å². The van der Waals surface area contributed by atoms with E-state index < -0.39 is 0 Å².